The standard InChI is InChI=1S/C24H23ClN4O2/c1-14-5-10-19(12-21(14)25)29-22(15-6-7-15)20(13-26-29)24(31)28-18-4-2-3-17(11-18)27-23(30)16-8-9-16/h2-5,10-13,15-16H,6-9H2,1H3,(H,27,30)(H,28,31). The van der Waals surface area contributed by atoms with Gasteiger partial charge in [-0.1, -0.05) is 23.7 Å². The lowest BCUT2D eigenvalue weighted by atomic mass is 10.1. The summed E-state index contributed by atoms with van der Waals surface area (Å²) in [5.74, 6) is 0.266. The van der Waals surface area contributed by atoms with Gasteiger partial charge in [-0.05, 0) is 68.5 Å². The monoisotopic (exact) mass is 434 g/mol. The molecule has 0 spiro atoms. The van der Waals surface area contributed by atoms with Gasteiger partial charge in [-0.15, -0.1) is 0 Å². The molecule has 1 heterocycles. The maximum atomic E-state index is 13.1. The van der Waals surface area contributed by atoms with Crippen LogP contribution in [-0.2, 0) is 4.79 Å². The SMILES string of the molecule is Cc1ccc(-n2ncc(C(=O)Nc3cccc(NC(=O)C4CC4)c3)c2C2CC2)cc1Cl. The molecule has 2 saturated carbocycles. The van der Waals surface area contributed by atoms with Crippen LogP contribution in [-0.4, -0.2) is 21.6 Å². The summed E-state index contributed by atoms with van der Waals surface area (Å²) in [5, 5.41) is 11.0. The van der Waals surface area contributed by atoms with Crippen molar-refractivity contribution < 1.29 is 9.59 Å². The number of hydrogen-bond acceptors (Lipinski definition) is 3. The van der Waals surface area contributed by atoms with Crippen molar-refractivity contribution in [1.82, 2.24) is 9.78 Å². The summed E-state index contributed by atoms with van der Waals surface area (Å²) in [6.45, 7) is 1.96. The van der Waals surface area contributed by atoms with Crippen molar-refractivity contribution in [2.24, 2.45) is 5.92 Å². The Bertz CT molecular complexity index is 1180. The van der Waals surface area contributed by atoms with Crippen LogP contribution >= 0.6 is 11.6 Å². The number of anilines is 2. The van der Waals surface area contributed by atoms with Gasteiger partial charge >= 0.3 is 0 Å². The molecular formula is C24H23ClN4O2. The summed E-state index contributed by atoms with van der Waals surface area (Å²) >= 11 is 6.31. The third-order valence-corrected chi connectivity index (χ3v) is 6.16. The third-order valence-electron chi connectivity index (χ3n) is 5.75. The minimum absolute atomic E-state index is 0.0394. The number of rotatable bonds is 6. The summed E-state index contributed by atoms with van der Waals surface area (Å²) in [4.78, 5) is 25.1. The molecule has 1 aromatic heterocycles. The first-order chi connectivity index (χ1) is 15.0. The van der Waals surface area contributed by atoms with Gasteiger partial charge in [-0.25, -0.2) is 4.68 Å². The Balaban J connectivity index is 1.39. The van der Waals surface area contributed by atoms with Gasteiger partial charge in [0.2, 0.25) is 5.91 Å². The zero-order chi connectivity index (χ0) is 21.5. The third kappa shape index (κ3) is 4.21. The second-order valence-electron chi connectivity index (χ2n) is 8.36. The van der Waals surface area contributed by atoms with Crippen molar-refractivity contribution in [1.29, 1.82) is 0 Å². The molecule has 0 aliphatic heterocycles. The Labute approximate surface area is 185 Å². The first-order valence-corrected chi connectivity index (χ1v) is 10.9. The molecule has 2 aromatic carbocycles. The highest BCUT2D eigenvalue weighted by molar-refractivity contribution is 6.31. The average molecular weight is 435 g/mol. The van der Waals surface area contributed by atoms with Crippen LogP contribution in [0.25, 0.3) is 5.69 Å². The van der Waals surface area contributed by atoms with Gasteiger partial charge in [-0.2, -0.15) is 5.10 Å². The molecule has 2 aliphatic rings. The summed E-state index contributed by atoms with van der Waals surface area (Å²) in [7, 11) is 0. The number of nitrogens with zero attached hydrogens (tertiary/aromatic N) is 2. The smallest absolute Gasteiger partial charge is 0.259 e. The number of halogens is 1. The van der Waals surface area contributed by atoms with E-state index in [9.17, 15) is 9.59 Å². The molecule has 6 nitrogen and oxygen atoms in total. The maximum absolute atomic E-state index is 13.1. The van der Waals surface area contributed by atoms with Gasteiger partial charge in [0.05, 0.1) is 23.1 Å². The Morgan fingerprint density at radius 3 is 2.45 bits per heavy atom. The molecule has 0 unspecified atom stereocenters. The average Bonchev–Trinajstić information content (AvgIpc) is 3.67. The lowest BCUT2D eigenvalue weighted by Gasteiger charge is -2.11. The van der Waals surface area contributed by atoms with E-state index in [2.05, 4.69) is 15.7 Å². The predicted octanol–water partition coefficient (Wildman–Crippen LogP) is 5.31. The number of benzene rings is 2. The summed E-state index contributed by atoms with van der Waals surface area (Å²) in [6.07, 6.45) is 5.59. The molecular weight excluding hydrogens is 412 g/mol. The van der Waals surface area contributed by atoms with Gasteiger partial charge in [0, 0.05) is 28.2 Å². The van der Waals surface area contributed by atoms with Crippen molar-refractivity contribution in [2.45, 2.75) is 38.5 Å². The Morgan fingerprint density at radius 1 is 1.03 bits per heavy atom. The fourth-order valence-electron chi connectivity index (χ4n) is 3.66. The molecule has 0 bridgehead atoms. The Hall–Kier alpha value is -3.12. The zero-order valence-electron chi connectivity index (χ0n) is 17.2. The number of aromatic nitrogens is 2. The predicted molar refractivity (Wildman–Crippen MR) is 121 cm³/mol. The van der Waals surface area contributed by atoms with Crippen LogP contribution in [0.15, 0.2) is 48.7 Å². The molecule has 0 saturated heterocycles. The second kappa shape index (κ2) is 7.85. The van der Waals surface area contributed by atoms with E-state index in [0.717, 1.165) is 42.6 Å². The van der Waals surface area contributed by atoms with Gasteiger partial charge in [0.25, 0.3) is 5.91 Å². The lowest BCUT2D eigenvalue weighted by Crippen LogP contribution is -2.16. The number of hydrogen-bond donors (Lipinski definition) is 2. The summed E-state index contributed by atoms with van der Waals surface area (Å²) < 4.78 is 1.82. The highest BCUT2D eigenvalue weighted by Crippen LogP contribution is 2.43. The number of carbonyl (C=O) groups is 2. The fourth-order valence-corrected chi connectivity index (χ4v) is 3.84. The number of carbonyl (C=O) groups excluding carboxylic acids is 2. The van der Waals surface area contributed by atoms with E-state index in [1.54, 1.807) is 12.3 Å². The van der Waals surface area contributed by atoms with Crippen LogP contribution in [0.4, 0.5) is 11.4 Å². The van der Waals surface area contributed by atoms with Crippen LogP contribution in [0.1, 0.15) is 53.2 Å². The molecule has 2 N–H and O–H groups in total. The van der Waals surface area contributed by atoms with E-state index in [1.807, 2.05) is 48.0 Å². The highest BCUT2D eigenvalue weighted by Gasteiger charge is 2.33. The molecule has 31 heavy (non-hydrogen) atoms. The topological polar surface area (TPSA) is 76.0 Å². The number of nitrogens with one attached hydrogen (secondary N) is 2. The normalized spacial score (nSPS) is 15.5. The number of amides is 2. The molecule has 0 atom stereocenters. The molecule has 0 radical (unpaired) electrons. The second-order valence-corrected chi connectivity index (χ2v) is 8.77. The Morgan fingerprint density at radius 2 is 1.77 bits per heavy atom. The van der Waals surface area contributed by atoms with Crippen LogP contribution in [0.3, 0.4) is 0 Å². The minimum Gasteiger partial charge on any atom is -0.326 e. The van der Waals surface area contributed by atoms with Crippen LogP contribution in [0, 0.1) is 12.8 Å². The Kier molecular flexibility index (Phi) is 5.02. The van der Waals surface area contributed by atoms with Crippen molar-refractivity contribution in [3.8, 4) is 5.69 Å². The fraction of sp³-hybridized carbons (Fsp3) is 0.292. The van der Waals surface area contributed by atoms with Gasteiger partial charge in [0.1, 0.15) is 0 Å². The van der Waals surface area contributed by atoms with Crippen LogP contribution in [0.2, 0.25) is 5.02 Å². The van der Waals surface area contributed by atoms with Crippen molar-refractivity contribution in [3.63, 3.8) is 0 Å². The quantitative estimate of drug-likeness (QED) is 0.551. The van der Waals surface area contributed by atoms with Crippen molar-refractivity contribution in [2.75, 3.05) is 10.6 Å². The molecule has 3 aromatic rings. The molecule has 2 amide bonds. The van der Waals surface area contributed by atoms with Gasteiger partial charge in [0.15, 0.2) is 0 Å². The van der Waals surface area contributed by atoms with Crippen LogP contribution in [0.5, 0.6) is 0 Å². The largest absolute Gasteiger partial charge is 0.326 e. The lowest BCUT2D eigenvalue weighted by molar-refractivity contribution is -0.117. The van der Waals surface area contributed by atoms with E-state index in [4.69, 9.17) is 11.6 Å². The molecule has 2 aliphatic carbocycles. The first kappa shape index (κ1) is 19.8. The van der Waals surface area contributed by atoms with Gasteiger partial charge in [-0.3, -0.25) is 9.59 Å². The summed E-state index contributed by atoms with van der Waals surface area (Å²) in [6, 6.07) is 13.0. The van der Waals surface area contributed by atoms with E-state index in [-0.39, 0.29) is 17.7 Å². The molecule has 158 valence electrons. The van der Waals surface area contributed by atoms with E-state index in [0.29, 0.717) is 27.9 Å². The van der Waals surface area contributed by atoms with Crippen molar-refractivity contribution >= 4 is 34.8 Å². The highest BCUT2D eigenvalue weighted by atomic mass is 35.5. The van der Waals surface area contributed by atoms with E-state index < -0.39 is 0 Å². The number of aryl methyl sites for hydroxylation is 1. The molecule has 7 heteroatoms. The zero-order valence-corrected chi connectivity index (χ0v) is 17.9. The minimum atomic E-state index is -0.211. The van der Waals surface area contributed by atoms with Gasteiger partial charge < -0.3 is 10.6 Å². The molecule has 2 fully saturated rings. The maximum Gasteiger partial charge on any atom is 0.259 e. The van der Waals surface area contributed by atoms with Crippen LogP contribution < -0.4 is 10.6 Å². The van der Waals surface area contributed by atoms with Crippen molar-refractivity contribution in [3.05, 3.63) is 70.5 Å². The van der Waals surface area contributed by atoms with E-state index >= 15 is 0 Å². The molecule has 5 rings (SSSR count). The van der Waals surface area contributed by atoms with E-state index in [1.165, 1.54) is 0 Å². The summed E-state index contributed by atoms with van der Waals surface area (Å²) in [5.41, 5.74) is 4.63. The first-order valence-electron chi connectivity index (χ1n) is 10.6.